The minimum atomic E-state index is 0.285. The van der Waals surface area contributed by atoms with E-state index in [-0.39, 0.29) is 5.41 Å². The number of hydrogen-bond acceptors (Lipinski definition) is 4. The third-order valence-corrected chi connectivity index (χ3v) is 7.29. The average Bonchev–Trinajstić information content (AvgIpc) is 3.09. The minimum absolute atomic E-state index is 0.285. The fourth-order valence-corrected chi connectivity index (χ4v) is 5.55. The van der Waals surface area contributed by atoms with Crippen molar-refractivity contribution in [3.8, 4) is 11.8 Å². The van der Waals surface area contributed by atoms with Gasteiger partial charge in [0.25, 0.3) is 0 Å². The van der Waals surface area contributed by atoms with Gasteiger partial charge in [0.15, 0.2) is 0 Å². The lowest BCUT2D eigenvalue weighted by Gasteiger charge is -2.33. The summed E-state index contributed by atoms with van der Waals surface area (Å²) in [6.45, 7) is 9.54. The van der Waals surface area contributed by atoms with E-state index < -0.39 is 0 Å². The summed E-state index contributed by atoms with van der Waals surface area (Å²) in [6.07, 6.45) is 5.05. The van der Waals surface area contributed by atoms with Crippen LogP contribution in [0.25, 0.3) is 10.8 Å². The van der Waals surface area contributed by atoms with Crippen molar-refractivity contribution < 1.29 is 4.74 Å². The Hall–Kier alpha value is -2.64. The molecular weight excluding hydrogens is 388 g/mol. The second kappa shape index (κ2) is 8.24. The van der Waals surface area contributed by atoms with Gasteiger partial charge >= 0.3 is 0 Å². The second-order valence-electron chi connectivity index (χ2n) is 8.99. The third kappa shape index (κ3) is 3.87. The van der Waals surface area contributed by atoms with Crippen LogP contribution in [-0.4, -0.2) is 12.8 Å². The van der Waals surface area contributed by atoms with E-state index in [0.717, 1.165) is 51.9 Å². The summed E-state index contributed by atoms with van der Waals surface area (Å²) < 4.78 is 5.87. The SMILES string of the molecule is CCOc1ccc2ccccc2c1C=Nc1sc2c(c1C#N)CC[C@H](C(C)(C)C)C2. The number of hydrogen-bond donors (Lipinski definition) is 0. The van der Waals surface area contributed by atoms with Crippen LogP contribution >= 0.6 is 11.3 Å². The zero-order valence-electron chi connectivity index (χ0n) is 18.2. The van der Waals surface area contributed by atoms with Crippen LogP contribution in [0.2, 0.25) is 0 Å². The fraction of sp³-hybridized carbons (Fsp3) is 0.385. The second-order valence-corrected chi connectivity index (χ2v) is 10.1. The first-order valence-electron chi connectivity index (χ1n) is 10.7. The number of nitriles is 1. The third-order valence-electron chi connectivity index (χ3n) is 6.12. The smallest absolute Gasteiger partial charge is 0.134 e. The number of rotatable bonds is 4. The van der Waals surface area contributed by atoms with Crippen LogP contribution in [0.3, 0.4) is 0 Å². The highest BCUT2D eigenvalue weighted by Crippen LogP contribution is 2.45. The van der Waals surface area contributed by atoms with Crippen molar-refractivity contribution >= 4 is 33.3 Å². The van der Waals surface area contributed by atoms with E-state index in [1.807, 2.05) is 31.3 Å². The average molecular weight is 417 g/mol. The zero-order chi connectivity index (χ0) is 21.3. The van der Waals surface area contributed by atoms with Crippen molar-refractivity contribution in [2.75, 3.05) is 6.61 Å². The van der Waals surface area contributed by atoms with Crippen molar-refractivity contribution in [1.29, 1.82) is 5.26 Å². The van der Waals surface area contributed by atoms with E-state index >= 15 is 0 Å². The molecule has 0 spiro atoms. The first-order valence-corrected chi connectivity index (χ1v) is 11.5. The predicted molar refractivity (Wildman–Crippen MR) is 126 cm³/mol. The Bertz CT molecular complexity index is 1140. The van der Waals surface area contributed by atoms with Crippen LogP contribution in [0.1, 0.15) is 55.7 Å². The van der Waals surface area contributed by atoms with Crippen molar-refractivity contribution in [3.63, 3.8) is 0 Å². The van der Waals surface area contributed by atoms with Gasteiger partial charge < -0.3 is 4.74 Å². The lowest BCUT2D eigenvalue weighted by Crippen LogP contribution is -2.26. The minimum Gasteiger partial charge on any atom is -0.493 e. The van der Waals surface area contributed by atoms with Gasteiger partial charge in [-0.1, -0.05) is 51.1 Å². The Morgan fingerprint density at radius 3 is 2.77 bits per heavy atom. The monoisotopic (exact) mass is 416 g/mol. The van der Waals surface area contributed by atoms with Crippen molar-refractivity contribution in [1.82, 2.24) is 0 Å². The van der Waals surface area contributed by atoms with Gasteiger partial charge in [0, 0.05) is 16.7 Å². The highest BCUT2D eigenvalue weighted by atomic mass is 32.1. The van der Waals surface area contributed by atoms with Crippen LogP contribution in [0.5, 0.6) is 5.75 Å². The Labute approximate surface area is 183 Å². The number of benzene rings is 2. The van der Waals surface area contributed by atoms with Crippen LogP contribution in [0.15, 0.2) is 41.4 Å². The molecule has 1 heterocycles. The molecule has 1 atom stereocenters. The van der Waals surface area contributed by atoms with Gasteiger partial charge in [0.1, 0.15) is 16.8 Å². The first kappa shape index (κ1) is 20.6. The number of fused-ring (bicyclic) bond motifs is 2. The normalized spacial score (nSPS) is 16.6. The molecule has 2 aromatic carbocycles. The van der Waals surface area contributed by atoms with E-state index in [0.29, 0.717) is 12.5 Å². The van der Waals surface area contributed by atoms with E-state index in [2.05, 4.69) is 45.0 Å². The van der Waals surface area contributed by atoms with E-state index in [4.69, 9.17) is 9.73 Å². The largest absolute Gasteiger partial charge is 0.493 e. The molecule has 1 aliphatic rings. The van der Waals surface area contributed by atoms with Crippen LogP contribution < -0.4 is 4.74 Å². The first-order chi connectivity index (χ1) is 14.4. The van der Waals surface area contributed by atoms with Gasteiger partial charge in [-0.05, 0) is 59.9 Å². The van der Waals surface area contributed by atoms with Crippen molar-refractivity contribution in [2.45, 2.75) is 47.0 Å². The number of ether oxygens (including phenoxy) is 1. The fourth-order valence-electron chi connectivity index (χ4n) is 4.33. The molecule has 4 rings (SSSR count). The summed E-state index contributed by atoms with van der Waals surface area (Å²) in [5.74, 6) is 1.47. The summed E-state index contributed by atoms with van der Waals surface area (Å²) in [4.78, 5) is 6.16. The molecule has 0 unspecified atom stereocenters. The summed E-state index contributed by atoms with van der Waals surface area (Å²) in [5.41, 5.74) is 3.24. The van der Waals surface area contributed by atoms with Crippen LogP contribution in [-0.2, 0) is 12.8 Å². The molecule has 0 radical (unpaired) electrons. The van der Waals surface area contributed by atoms with E-state index in [1.54, 1.807) is 11.3 Å². The van der Waals surface area contributed by atoms with Crippen molar-refractivity contribution in [2.24, 2.45) is 16.3 Å². The highest BCUT2D eigenvalue weighted by molar-refractivity contribution is 7.16. The number of thiophene rings is 1. The Kier molecular flexibility index (Phi) is 5.66. The van der Waals surface area contributed by atoms with Gasteiger partial charge in [-0.15, -0.1) is 11.3 Å². The summed E-state index contributed by atoms with van der Waals surface area (Å²) >= 11 is 1.69. The van der Waals surface area contributed by atoms with Gasteiger partial charge in [-0.3, -0.25) is 0 Å². The Balaban J connectivity index is 1.75. The van der Waals surface area contributed by atoms with Crippen molar-refractivity contribution in [3.05, 3.63) is 58.0 Å². The summed E-state index contributed by atoms with van der Waals surface area (Å²) in [5, 5.41) is 12.9. The quantitative estimate of drug-likeness (QED) is 0.427. The number of aliphatic imine (C=N–C) groups is 1. The molecule has 1 aromatic heterocycles. The Morgan fingerprint density at radius 1 is 1.23 bits per heavy atom. The molecule has 0 N–H and O–H groups in total. The molecule has 3 nitrogen and oxygen atoms in total. The summed E-state index contributed by atoms with van der Waals surface area (Å²) in [6, 6.07) is 14.8. The zero-order valence-corrected chi connectivity index (χ0v) is 19.0. The molecular formula is C26H28N2OS. The molecule has 4 heteroatoms. The molecule has 154 valence electrons. The molecule has 0 fully saturated rings. The topological polar surface area (TPSA) is 45.4 Å². The van der Waals surface area contributed by atoms with Crippen LogP contribution in [0, 0.1) is 22.7 Å². The Morgan fingerprint density at radius 2 is 2.03 bits per heavy atom. The summed E-state index contributed by atoms with van der Waals surface area (Å²) in [7, 11) is 0. The maximum Gasteiger partial charge on any atom is 0.134 e. The molecule has 0 saturated heterocycles. The predicted octanol–water partition coefficient (Wildman–Crippen LogP) is 7.07. The van der Waals surface area contributed by atoms with Gasteiger partial charge in [0.2, 0.25) is 0 Å². The maximum atomic E-state index is 9.85. The van der Waals surface area contributed by atoms with E-state index in [9.17, 15) is 5.26 Å². The molecule has 0 amide bonds. The van der Waals surface area contributed by atoms with Gasteiger partial charge in [-0.2, -0.15) is 5.26 Å². The van der Waals surface area contributed by atoms with Crippen LogP contribution in [0.4, 0.5) is 5.00 Å². The lowest BCUT2D eigenvalue weighted by atomic mass is 9.72. The molecule has 0 bridgehead atoms. The molecule has 0 saturated carbocycles. The highest BCUT2D eigenvalue weighted by Gasteiger charge is 2.32. The van der Waals surface area contributed by atoms with Gasteiger partial charge in [-0.25, -0.2) is 4.99 Å². The van der Waals surface area contributed by atoms with Gasteiger partial charge in [0.05, 0.1) is 12.2 Å². The standard InChI is InChI=1S/C26H28N2OS/c1-5-29-23-13-10-17-8-6-7-9-19(17)22(23)16-28-25-21(15-27)20-12-11-18(26(2,3)4)14-24(20)30-25/h6-10,13,16,18H,5,11-12,14H2,1-4H3/t18-/m0/s1. The molecule has 30 heavy (non-hydrogen) atoms. The maximum absolute atomic E-state index is 9.85. The molecule has 0 aliphatic heterocycles. The lowest BCUT2D eigenvalue weighted by molar-refractivity contribution is 0.218. The number of nitrogens with zero attached hydrogens (tertiary/aromatic N) is 2. The molecule has 1 aliphatic carbocycles. The molecule has 3 aromatic rings. The van der Waals surface area contributed by atoms with E-state index in [1.165, 1.54) is 10.4 Å².